The normalized spacial score (nSPS) is 17.8. The summed E-state index contributed by atoms with van der Waals surface area (Å²) >= 11 is 27.3. The predicted molar refractivity (Wildman–Crippen MR) is 102 cm³/mol. The van der Waals surface area contributed by atoms with E-state index in [1.165, 1.54) is 0 Å². The standard InChI is InChI=1S/C11H24S6/c1-2-11(8-16,9(17)3-4-12)10(5-13,6-14)7-15/h9,12-17H,2-8H2,1H3. The van der Waals surface area contributed by atoms with Crippen LogP contribution >= 0.6 is 75.8 Å². The highest BCUT2D eigenvalue weighted by molar-refractivity contribution is 7.83. The molecule has 6 heteroatoms. The summed E-state index contributed by atoms with van der Waals surface area (Å²) in [6, 6.07) is 0. The van der Waals surface area contributed by atoms with E-state index < -0.39 is 0 Å². The highest BCUT2D eigenvalue weighted by atomic mass is 32.1. The van der Waals surface area contributed by atoms with Gasteiger partial charge in [0.2, 0.25) is 0 Å². The molecule has 0 N–H and O–H groups in total. The molecular formula is C11H24S6. The number of thiol groups is 6. The maximum absolute atomic E-state index is 4.81. The smallest absolute Gasteiger partial charge is 0.00949 e. The van der Waals surface area contributed by atoms with Crippen molar-refractivity contribution in [1.82, 2.24) is 0 Å². The largest absolute Gasteiger partial charge is 0.179 e. The Morgan fingerprint density at radius 3 is 1.59 bits per heavy atom. The van der Waals surface area contributed by atoms with Gasteiger partial charge in [0.15, 0.2) is 0 Å². The molecule has 0 aromatic rings. The van der Waals surface area contributed by atoms with E-state index in [2.05, 4.69) is 70.1 Å². The molecule has 0 spiro atoms. The summed E-state index contributed by atoms with van der Waals surface area (Å²) in [7, 11) is 0. The van der Waals surface area contributed by atoms with E-state index in [1.54, 1.807) is 0 Å². The molecule has 0 aromatic carbocycles. The van der Waals surface area contributed by atoms with Crippen LogP contribution in [0.4, 0.5) is 0 Å². The maximum atomic E-state index is 4.81. The van der Waals surface area contributed by atoms with Gasteiger partial charge in [0.25, 0.3) is 0 Å². The van der Waals surface area contributed by atoms with Crippen LogP contribution in [0.5, 0.6) is 0 Å². The monoisotopic (exact) mass is 348 g/mol. The van der Waals surface area contributed by atoms with Gasteiger partial charge in [0, 0.05) is 10.7 Å². The lowest BCUT2D eigenvalue weighted by Crippen LogP contribution is -2.53. The average Bonchev–Trinajstić information content (AvgIpc) is 2.36. The summed E-state index contributed by atoms with van der Waals surface area (Å²) < 4.78 is 0. The first-order valence-electron chi connectivity index (χ1n) is 5.76. The predicted octanol–water partition coefficient (Wildman–Crippen LogP) is 3.71. The minimum absolute atomic E-state index is 0.00715. The van der Waals surface area contributed by atoms with Gasteiger partial charge in [-0.1, -0.05) is 6.92 Å². The Kier molecular flexibility index (Phi) is 10.2. The minimum atomic E-state index is -0.0335. The molecule has 0 radical (unpaired) electrons. The molecule has 0 fully saturated rings. The molecule has 2 unspecified atom stereocenters. The molecular weight excluding hydrogens is 325 g/mol. The Bertz CT molecular complexity index is 192. The molecule has 0 aliphatic heterocycles. The first-order chi connectivity index (χ1) is 8.03. The molecule has 0 aromatic heterocycles. The van der Waals surface area contributed by atoms with Crippen molar-refractivity contribution in [3.8, 4) is 0 Å². The number of hydrogen-bond acceptors (Lipinski definition) is 6. The van der Waals surface area contributed by atoms with Crippen molar-refractivity contribution in [2.75, 3.05) is 28.8 Å². The molecule has 0 saturated carbocycles. The fourth-order valence-electron chi connectivity index (χ4n) is 2.37. The summed E-state index contributed by atoms with van der Waals surface area (Å²) in [6.07, 6.45) is 1.98. The van der Waals surface area contributed by atoms with Crippen LogP contribution in [0, 0.1) is 10.8 Å². The van der Waals surface area contributed by atoms with Crippen LogP contribution in [-0.2, 0) is 0 Å². The van der Waals surface area contributed by atoms with Gasteiger partial charge in [-0.15, -0.1) is 0 Å². The van der Waals surface area contributed by atoms with Gasteiger partial charge in [-0.05, 0) is 47.0 Å². The molecule has 0 aliphatic rings. The van der Waals surface area contributed by atoms with E-state index in [0.717, 1.165) is 41.6 Å². The summed E-state index contributed by atoms with van der Waals surface area (Å²) in [4.78, 5) is 0. The second-order valence-electron chi connectivity index (χ2n) is 4.45. The van der Waals surface area contributed by atoms with Crippen LogP contribution in [-0.4, -0.2) is 34.0 Å². The molecule has 0 heterocycles. The van der Waals surface area contributed by atoms with Crippen molar-refractivity contribution in [3.05, 3.63) is 0 Å². The Labute approximate surface area is 139 Å². The second kappa shape index (κ2) is 9.11. The van der Waals surface area contributed by atoms with Crippen LogP contribution in [0.1, 0.15) is 19.8 Å². The fraction of sp³-hybridized carbons (Fsp3) is 1.00. The lowest BCUT2D eigenvalue weighted by Gasteiger charge is -2.51. The van der Waals surface area contributed by atoms with Gasteiger partial charge in [-0.2, -0.15) is 75.8 Å². The lowest BCUT2D eigenvalue weighted by molar-refractivity contribution is 0.121. The molecule has 0 nitrogen and oxygen atoms in total. The molecule has 0 rings (SSSR count). The van der Waals surface area contributed by atoms with Crippen molar-refractivity contribution >= 4 is 75.8 Å². The summed E-state index contributed by atoms with van der Waals surface area (Å²) in [5.74, 6) is 3.91. The zero-order chi connectivity index (χ0) is 13.5. The van der Waals surface area contributed by atoms with Crippen molar-refractivity contribution in [3.63, 3.8) is 0 Å². The highest BCUT2D eigenvalue weighted by Gasteiger charge is 2.50. The fourth-order valence-corrected chi connectivity index (χ4v) is 6.58. The average molecular weight is 349 g/mol. The summed E-state index contributed by atoms with van der Waals surface area (Å²) in [5.41, 5.74) is -0.0264. The van der Waals surface area contributed by atoms with E-state index >= 15 is 0 Å². The highest BCUT2D eigenvalue weighted by Crippen LogP contribution is 2.51. The summed E-state index contributed by atoms with van der Waals surface area (Å²) in [5, 5.41) is 0.258. The van der Waals surface area contributed by atoms with Crippen molar-refractivity contribution in [2.24, 2.45) is 10.8 Å². The number of hydrogen-bond donors (Lipinski definition) is 6. The van der Waals surface area contributed by atoms with E-state index in [-0.39, 0.29) is 16.1 Å². The molecule has 0 amide bonds. The zero-order valence-corrected chi connectivity index (χ0v) is 15.6. The van der Waals surface area contributed by atoms with Crippen LogP contribution in [0.25, 0.3) is 0 Å². The van der Waals surface area contributed by atoms with E-state index in [1.807, 2.05) is 0 Å². The van der Waals surface area contributed by atoms with E-state index in [0.29, 0.717) is 0 Å². The van der Waals surface area contributed by atoms with E-state index in [4.69, 9.17) is 12.6 Å². The van der Waals surface area contributed by atoms with Crippen molar-refractivity contribution < 1.29 is 0 Å². The zero-order valence-electron chi connectivity index (χ0n) is 10.2. The van der Waals surface area contributed by atoms with Gasteiger partial charge in [-0.25, -0.2) is 0 Å². The molecule has 0 aliphatic carbocycles. The van der Waals surface area contributed by atoms with Crippen LogP contribution in [0.2, 0.25) is 0 Å². The lowest BCUT2D eigenvalue weighted by atomic mass is 9.63. The molecule has 0 bridgehead atoms. The third-order valence-electron chi connectivity index (χ3n) is 3.92. The van der Waals surface area contributed by atoms with Crippen LogP contribution in [0.15, 0.2) is 0 Å². The maximum Gasteiger partial charge on any atom is 0.00949 e. The topological polar surface area (TPSA) is 0 Å². The molecule has 104 valence electrons. The Morgan fingerprint density at radius 2 is 1.35 bits per heavy atom. The van der Waals surface area contributed by atoms with Gasteiger partial charge in [-0.3, -0.25) is 0 Å². The number of rotatable bonds is 9. The Balaban J connectivity index is 5.41. The van der Waals surface area contributed by atoms with Gasteiger partial charge in [0.1, 0.15) is 0 Å². The first-order valence-corrected chi connectivity index (χ1v) is 9.44. The quantitative estimate of drug-likeness (QED) is 0.336. The SMILES string of the molecule is CCC(CS)(C(S)CCS)C(CS)(CS)CS. The second-order valence-corrected chi connectivity index (χ2v) is 6.79. The van der Waals surface area contributed by atoms with Crippen LogP contribution in [0.3, 0.4) is 0 Å². The third-order valence-corrected chi connectivity index (χ3v) is 7.31. The third kappa shape index (κ3) is 3.81. The van der Waals surface area contributed by atoms with E-state index in [9.17, 15) is 0 Å². The van der Waals surface area contributed by atoms with Gasteiger partial charge >= 0.3 is 0 Å². The van der Waals surface area contributed by atoms with Gasteiger partial charge < -0.3 is 0 Å². The van der Waals surface area contributed by atoms with Crippen molar-refractivity contribution in [1.29, 1.82) is 0 Å². The molecule has 17 heavy (non-hydrogen) atoms. The van der Waals surface area contributed by atoms with Gasteiger partial charge in [0.05, 0.1) is 0 Å². The van der Waals surface area contributed by atoms with Crippen molar-refractivity contribution in [2.45, 2.75) is 25.0 Å². The van der Waals surface area contributed by atoms with Crippen LogP contribution < -0.4 is 0 Å². The molecule has 2 atom stereocenters. The molecule has 0 saturated heterocycles. The Hall–Kier alpha value is 2.10. The Morgan fingerprint density at radius 1 is 0.882 bits per heavy atom. The summed E-state index contributed by atoms with van der Waals surface area (Å²) in [6.45, 7) is 2.20. The minimum Gasteiger partial charge on any atom is -0.179 e. The first kappa shape index (κ1) is 19.1.